The topological polar surface area (TPSA) is 71.1 Å². The first-order valence-electron chi connectivity index (χ1n) is 6.13. The number of nitrogens with two attached hydrogens (primary N) is 1. The normalized spacial score (nSPS) is 9.85. The van der Waals surface area contributed by atoms with Crippen LogP contribution in [0.1, 0.15) is 5.56 Å². The van der Waals surface area contributed by atoms with E-state index in [1.807, 2.05) is 6.07 Å². The molecule has 2 rings (SSSR count). The molecule has 0 aromatic heterocycles. The molecule has 0 aliphatic heterocycles. The monoisotopic (exact) mass is 271 g/mol. The van der Waals surface area contributed by atoms with Crippen LogP contribution >= 0.6 is 0 Å². The number of nitriles is 1. The van der Waals surface area contributed by atoms with Crippen LogP contribution in [0.2, 0.25) is 0 Å². The predicted molar refractivity (Wildman–Crippen MR) is 75.4 cm³/mol. The molecule has 0 radical (unpaired) electrons. The molecule has 2 aromatic rings. The molecule has 20 heavy (non-hydrogen) atoms. The molecular weight excluding hydrogens is 257 g/mol. The Labute approximate surface area is 116 Å². The summed E-state index contributed by atoms with van der Waals surface area (Å²) in [6, 6.07) is 13.5. The average molecular weight is 271 g/mol. The van der Waals surface area contributed by atoms with Gasteiger partial charge in [-0.05, 0) is 36.4 Å². The maximum absolute atomic E-state index is 13.5. The van der Waals surface area contributed by atoms with Crippen LogP contribution in [0.25, 0.3) is 0 Å². The number of anilines is 2. The fraction of sp³-hybridized carbons (Fsp3) is 0.133. The van der Waals surface area contributed by atoms with Crippen molar-refractivity contribution in [3.63, 3.8) is 0 Å². The largest absolute Gasteiger partial charge is 0.492 e. The summed E-state index contributed by atoms with van der Waals surface area (Å²) in [6.45, 7) is 0.907. The summed E-state index contributed by atoms with van der Waals surface area (Å²) in [5.41, 5.74) is 6.52. The van der Waals surface area contributed by atoms with Crippen molar-refractivity contribution < 1.29 is 9.13 Å². The molecule has 0 amide bonds. The number of halogens is 1. The first kappa shape index (κ1) is 13.8. The number of nitrogens with one attached hydrogen (secondary N) is 1. The van der Waals surface area contributed by atoms with Gasteiger partial charge in [-0.25, -0.2) is 4.39 Å². The minimum absolute atomic E-state index is 0.00374. The summed E-state index contributed by atoms with van der Waals surface area (Å²) in [4.78, 5) is 0. The van der Waals surface area contributed by atoms with Crippen LogP contribution in [0.4, 0.5) is 15.8 Å². The molecule has 0 aliphatic carbocycles. The molecule has 0 saturated heterocycles. The highest BCUT2D eigenvalue weighted by Gasteiger charge is 2.07. The number of benzene rings is 2. The van der Waals surface area contributed by atoms with E-state index in [1.165, 1.54) is 6.07 Å². The van der Waals surface area contributed by atoms with Crippen LogP contribution in [-0.4, -0.2) is 13.2 Å². The minimum Gasteiger partial charge on any atom is -0.492 e. The van der Waals surface area contributed by atoms with Gasteiger partial charge in [-0.3, -0.25) is 0 Å². The lowest BCUT2D eigenvalue weighted by Crippen LogP contribution is -2.10. The molecule has 0 aliphatic rings. The zero-order valence-corrected chi connectivity index (χ0v) is 10.8. The van der Waals surface area contributed by atoms with Gasteiger partial charge < -0.3 is 15.8 Å². The number of rotatable bonds is 5. The molecule has 2 aromatic carbocycles. The van der Waals surface area contributed by atoms with E-state index in [2.05, 4.69) is 5.32 Å². The van der Waals surface area contributed by atoms with Crippen LogP contribution in [0.15, 0.2) is 42.5 Å². The fourth-order valence-electron chi connectivity index (χ4n) is 1.71. The van der Waals surface area contributed by atoms with Crippen molar-refractivity contribution in [2.24, 2.45) is 5.73 Å². The SMILES string of the molecule is N#Cc1c(F)cccc1Nc1ccc(OCCN)cc1. The molecule has 0 unspecified atom stereocenters. The smallest absolute Gasteiger partial charge is 0.143 e. The van der Waals surface area contributed by atoms with Crippen LogP contribution < -0.4 is 15.8 Å². The summed E-state index contributed by atoms with van der Waals surface area (Å²) in [7, 11) is 0. The second kappa shape index (κ2) is 6.55. The lowest BCUT2D eigenvalue weighted by Gasteiger charge is -2.10. The van der Waals surface area contributed by atoms with E-state index in [-0.39, 0.29) is 5.56 Å². The molecule has 0 atom stereocenters. The predicted octanol–water partition coefficient (Wildman–Crippen LogP) is 2.78. The second-order valence-corrected chi connectivity index (χ2v) is 4.06. The van der Waals surface area contributed by atoms with Gasteiger partial charge in [-0.2, -0.15) is 5.26 Å². The van der Waals surface area contributed by atoms with Gasteiger partial charge in [0.25, 0.3) is 0 Å². The number of nitrogens with zero attached hydrogens (tertiary/aromatic N) is 1. The van der Waals surface area contributed by atoms with E-state index in [0.717, 1.165) is 5.69 Å². The number of ether oxygens (including phenoxy) is 1. The van der Waals surface area contributed by atoms with Gasteiger partial charge in [0.15, 0.2) is 0 Å². The van der Waals surface area contributed by atoms with E-state index >= 15 is 0 Å². The van der Waals surface area contributed by atoms with Crippen LogP contribution in [0.5, 0.6) is 5.75 Å². The van der Waals surface area contributed by atoms with Crippen molar-refractivity contribution in [2.45, 2.75) is 0 Å². The van der Waals surface area contributed by atoms with Crippen molar-refractivity contribution in [3.8, 4) is 11.8 Å². The molecule has 102 valence electrons. The summed E-state index contributed by atoms with van der Waals surface area (Å²) in [5, 5.41) is 12.0. The Kier molecular flexibility index (Phi) is 4.53. The molecule has 4 nitrogen and oxygen atoms in total. The molecular formula is C15H14FN3O. The first-order valence-corrected chi connectivity index (χ1v) is 6.13. The third-order valence-electron chi connectivity index (χ3n) is 2.65. The summed E-state index contributed by atoms with van der Waals surface area (Å²) >= 11 is 0. The molecule has 0 spiro atoms. The molecule has 0 heterocycles. The second-order valence-electron chi connectivity index (χ2n) is 4.06. The van der Waals surface area contributed by atoms with Gasteiger partial charge in [0.05, 0.1) is 5.69 Å². The van der Waals surface area contributed by atoms with Crippen molar-refractivity contribution in [3.05, 3.63) is 53.8 Å². The van der Waals surface area contributed by atoms with Crippen molar-refractivity contribution in [1.82, 2.24) is 0 Å². The lowest BCUT2D eigenvalue weighted by atomic mass is 10.1. The zero-order valence-electron chi connectivity index (χ0n) is 10.8. The molecule has 3 N–H and O–H groups in total. The van der Waals surface area contributed by atoms with E-state index in [4.69, 9.17) is 15.7 Å². The molecule has 0 fully saturated rings. The van der Waals surface area contributed by atoms with Crippen molar-refractivity contribution in [1.29, 1.82) is 5.26 Å². The van der Waals surface area contributed by atoms with E-state index < -0.39 is 5.82 Å². The Morgan fingerprint density at radius 1 is 1.20 bits per heavy atom. The van der Waals surface area contributed by atoms with Crippen LogP contribution in [0.3, 0.4) is 0 Å². The van der Waals surface area contributed by atoms with E-state index in [1.54, 1.807) is 36.4 Å². The average Bonchev–Trinajstić information content (AvgIpc) is 2.47. The molecule has 0 saturated carbocycles. The van der Waals surface area contributed by atoms with Crippen LogP contribution in [0, 0.1) is 17.1 Å². The first-order chi connectivity index (χ1) is 9.74. The maximum Gasteiger partial charge on any atom is 0.143 e. The highest BCUT2D eigenvalue weighted by Crippen LogP contribution is 2.24. The van der Waals surface area contributed by atoms with E-state index in [9.17, 15) is 4.39 Å². The Balaban J connectivity index is 2.15. The number of hydrogen-bond donors (Lipinski definition) is 2. The maximum atomic E-state index is 13.5. The Hall–Kier alpha value is -2.58. The van der Waals surface area contributed by atoms with Crippen molar-refractivity contribution in [2.75, 3.05) is 18.5 Å². The highest BCUT2D eigenvalue weighted by atomic mass is 19.1. The summed E-state index contributed by atoms with van der Waals surface area (Å²) in [6.07, 6.45) is 0. The van der Waals surface area contributed by atoms with Crippen LogP contribution in [-0.2, 0) is 0 Å². The lowest BCUT2D eigenvalue weighted by molar-refractivity contribution is 0.328. The summed E-state index contributed by atoms with van der Waals surface area (Å²) in [5.74, 6) is 0.168. The van der Waals surface area contributed by atoms with E-state index in [0.29, 0.717) is 24.6 Å². The summed E-state index contributed by atoms with van der Waals surface area (Å²) < 4.78 is 18.8. The third kappa shape index (κ3) is 3.25. The quantitative estimate of drug-likeness (QED) is 0.877. The molecule has 5 heteroatoms. The minimum atomic E-state index is -0.541. The standard InChI is InChI=1S/C15H14FN3O/c16-14-2-1-3-15(13(14)10-18)19-11-4-6-12(7-5-11)20-9-8-17/h1-7,19H,8-9,17H2. The highest BCUT2D eigenvalue weighted by molar-refractivity contribution is 5.67. The van der Waals surface area contributed by atoms with Gasteiger partial charge in [-0.1, -0.05) is 6.07 Å². The molecule has 0 bridgehead atoms. The van der Waals surface area contributed by atoms with Gasteiger partial charge in [0, 0.05) is 12.2 Å². The number of hydrogen-bond acceptors (Lipinski definition) is 4. The Morgan fingerprint density at radius 2 is 1.95 bits per heavy atom. The Bertz CT molecular complexity index is 620. The third-order valence-corrected chi connectivity index (χ3v) is 2.65. The Morgan fingerprint density at radius 3 is 2.60 bits per heavy atom. The van der Waals surface area contributed by atoms with Crippen molar-refractivity contribution >= 4 is 11.4 Å². The van der Waals surface area contributed by atoms with Gasteiger partial charge in [0.1, 0.15) is 29.8 Å². The van der Waals surface area contributed by atoms with Gasteiger partial charge in [-0.15, -0.1) is 0 Å². The van der Waals surface area contributed by atoms with Gasteiger partial charge in [0.2, 0.25) is 0 Å². The zero-order chi connectivity index (χ0) is 14.4. The fourth-order valence-corrected chi connectivity index (χ4v) is 1.71. The van der Waals surface area contributed by atoms with Gasteiger partial charge >= 0.3 is 0 Å².